The molecular formula is C13H9ClFIN2O. The Morgan fingerprint density at radius 2 is 2.00 bits per heavy atom. The molecule has 2 aromatic rings. The Balaban J connectivity index is 2.28. The number of hydrogen-bond acceptors (Lipinski definition) is 2. The maximum absolute atomic E-state index is 13.0. The summed E-state index contributed by atoms with van der Waals surface area (Å²) >= 11 is 7.89. The Hall–Kier alpha value is -1.34. The zero-order valence-corrected chi connectivity index (χ0v) is 12.5. The average molecular weight is 391 g/mol. The predicted octanol–water partition coefficient (Wildman–Crippen LogP) is 3.92. The lowest BCUT2D eigenvalue weighted by molar-refractivity contribution is 0.102. The second kappa shape index (κ2) is 5.75. The maximum atomic E-state index is 13.0. The monoisotopic (exact) mass is 390 g/mol. The number of nitrogens with two attached hydrogens (primary N) is 1. The number of carbonyl (C=O) groups excluding carboxylic acids is 1. The van der Waals surface area contributed by atoms with Crippen molar-refractivity contribution in [3.63, 3.8) is 0 Å². The molecule has 3 N–H and O–H groups in total. The predicted molar refractivity (Wildman–Crippen MR) is 82.9 cm³/mol. The van der Waals surface area contributed by atoms with E-state index in [0.29, 0.717) is 20.0 Å². The minimum atomic E-state index is -0.387. The summed E-state index contributed by atoms with van der Waals surface area (Å²) in [5.74, 6) is -0.744. The SMILES string of the molecule is Nc1ccc(Cl)c(C(=O)Nc2ccc(F)cc2I)c1. The van der Waals surface area contributed by atoms with Gasteiger partial charge in [-0.2, -0.15) is 0 Å². The number of anilines is 2. The highest BCUT2D eigenvalue weighted by atomic mass is 127. The van der Waals surface area contributed by atoms with E-state index in [1.165, 1.54) is 24.3 Å². The third-order valence-electron chi connectivity index (χ3n) is 2.41. The van der Waals surface area contributed by atoms with Crippen LogP contribution in [0.15, 0.2) is 36.4 Å². The van der Waals surface area contributed by atoms with Gasteiger partial charge in [0.25, 0.3) is 5.91 Å². The highest BCUT2D eigenvalue weighted by molar-refractivity contribution is 14.1. The topological polar surface area (TPSA) is 55.1 Å². The van der Waals surface area contributed by atoms with Gasteiger partial charge in [-0.1, -0.05) is 11.6 Å². The summed E-state index contributed by atoms with van der Waals surface area (Å²) in [5, 5.41) is 2.98. The van der Waals surface area contributed by atoms with Crippen molar-refractivity contribution in [3.8, 4) is 0 Å². The van der Waals surface area contributed by atoms with Crippen molar-refractivity contribution in [2.75, 3.05) is 11.1 Å². The molecule has 1 amide bonds. The summed E-state index contributed by atoms with van der Waals surface area (Å²) in [6.07, 6.45) is 0. The maximum Gasteiger partial charge on any atom is 0.257 e. The molecule has 3 nitrogen and oxygen atoms in total. The molecule has 0 saturated heterocycles. The van der Waals surface area contributed by atoms with Crippen molar-refractivity contribution >= 4 is 51.5 Å². The molecule has 0 aliphatic rings. The number of amides is 1. The van der Waals surface area contributed by atoms with Crippen LogP contribution in [0.1, 0.15) is 10.4 Å². The van der Waals surface area contributed by atoms with E-state index in [1.807, 2.05) is 22.6 Å². The van der Waals surface area contributed by atoms with Gasteiger partial charge in [-0.3, -0.25) is 4.79 Å². The van der Waals surface area contributed by atoms with Gasteiger partial charge in [-0.05, 0) is 59.0 Å². The van der Waals surface area contributed by atoms with Crippen LogP contribution in [0.5, 0.6) is 0 Å². The molecule has 0 spiro atoms. The van der Waals surface area contributed by atoms with E-state index in [0.717, 1.165) is 0 Å². The quantitative estimate of drug-likeness (QED) is 0.603. The van der Waals surface area contributed by atoms with E-state index < -0.39 is 0 Å². The zero-order valence-electron chi connectivity index (χ0n) is 9.58. The van der Waals surface area contributed by atoms with Crippen molar-refractivity contribution in [2.45, 2.75) is 0 Å². The van der Waals surface area contributed by atoms with Crippen molar-refractivity contribution in [1.82, 2.24) is 0 Å². The van der Waals surface area contributed by atoms with Crippen molar-refractivity contribution in [1.29, 1.82) is 0 Å². The van der Waals surface area contributed by atoms with Crippen molar-refractivity contribution in [2.24, 2.45) is 0 Å². The van der Waals surface area contributed by atoms with Gasteiger partial charge in [0.2, 0.25) is 0 Å². The number of halogens is 3. The fourth-order valence-electron chi connectivity index (χ4n) is 1.50. The first-order valence-corrected chi connectivity index (χ1v) is 6.74. The summed E-state index contributed by atoms with van der Waals surface area (Å²) in [6, 6.07) is 8.77. The number of rotatable bonds is 2. The highest BCUT2D eigenvalue weighted by Crippen LogP contribution is 2.23. The van der Waals surface area contributed by atoms with Gasteiger partial charge in [0.1, 0.15) is 5.82 Å². The number of nitrogen functional groups attached to an aromatic ring is 1. The minimum Gasteiger partial charge on any atom is -0.399 e. The first-order valence-electron chi connectivity index (χ1n) is 5.29. The molecule has 0 fully saturated rings. The molecule has 0 aliphatic carbocycles. The molecule has 0 unspecified atom stereocenters. The lowest BCUT2D eigenvalue weighted by Crippen LogP contribution is -2.13. The lowest BCUT2D eigenvalue weighted by atomic mass is 10.2. The van der Waals surface area contributed by atoms with Gasteiger partial charge < -0.3 is 11.1 Å². The van der Waals surface area contributed by atoms with E-state index in [-0.39, 0.29) is 17.3 Å². The number of nitrogens with one attached hydrogen (secondary N) is 1. The molecule has 0 saturated carbocycles. The minimum absolute atomic E-state index is 0.279. The van der Waals surface area contributed by atoms with Crippen LogP contribution in [0, 0.1) is 9.39 Å². The van der Waals surface area contributed by atoms with Gasteiger partial charge in [0.05, 0.1) is 16.3 Å². The summed E-state index contributed by atoms with van der Waals surface area (Å²) < 4.78 is 13.6. The van der Waals surface area contributed by atoms with E-state index in [4.69, 9.17) is 17.3 Å². The van der Waals surface area contributed by atoms with Crippen LogP contribution < -0.4 is 11.1 Å². The first kappa shape index (κ1) is 14.1. The van der Waals surface area contributed by atoms with Gasteiger partial charge in [-0.25, -0.2) is 4.39 Å². The largest absolute Gasteiger partial charge is 0.399 e. The number of hydrogen-bond donors (Lipinski definition) is 2. The molecule has 0 aromatic heterocycles. The summed E-state index contributed by atoms with van der Waals surface area (Å²) in [5.41, 5.74) is 6.86. The highest BCUT2D eigenvalue weighted by Gasteiger charge is 2.12. The molecule has 98 valence electrons. The van der Waals surface area contributed by atoms with Crippen LogP contribution in [-0.4, -0.2) is 5.91 Å². The second-order valence-corrected chi connectivity index (χ2v) is 5.39. The van der Waals surface area contributed by atoms with Gasteiger partial charge >= 0.3 is 0 Å². The fourth-order valence-corrected chi connectivity index (χ4v) is 2.31. The summed E-state index contributed by atoms with van der Waals surface area (Å²) in [7, 11) is 0. The lowest BCUT2D eigenvalue weighted by Gasteiger charge is -2.09. The Labute approximate surface area is 128 Å². The molecule has 0 atom stereocenters. The van der Waals surface area contributed by atoms with Crippen LogP contribution >= 0.6 is 34.2 Å². The van der Waals surface area contributed by atoms with E-state index >= 15 is 0 Å². The third kappa shape index (κ3) is 3.36. The molecule has 2 aromatic carbocycles. The smallest absolute Gasteiger partial charge is 0.257 e. The molecule has 19 heavy (non-hydrogen) atoms. The van der Waals surface area contributed by atoms with Crippen LogP contribution in [-0.2, 0) is 0 Å². The Bertz CT molecular complexity index is 649. The standard InChI is InChI=1S/C13H9ClFIN2O/c14-10-3-2-8(17)6-9(10)13(19)18-12-4-1-7(15)5-11(12)16/h1-6H,17H2,(H,18,19). The van der Waals surface area contributed by atoms with E-state index in [1.54, 1.807) is 12.1 Å². The Kier molecular flexibility index (Phi) is 4.26. The Morgan fingerprint density at radius 3 is 2.68 bits per heavy atom. The zero-order chi connectivity index (χ0) is 14.0. The van der Waals surface area contributed by atoms with Crippen LogP contribution in [0.2, 0.25) is 5.02 Å². The van der Waals surface area contributed by atoms with E-state index in [9.17, 15) is 9.18 Å². The first-order chi connectivity index (χ1) is 8.97. The molecule has 6 heteroatoms. The molecule has 0 radical (unpaired) electrons. The molecular weight excluding hydrogens is 382 g/mol. The molecule has 0 aliphatic heterocycles. The second-order valence-electron chi connectivity index (χ2n) is 3.82. The van der Waals surface area contributed by atoms with Crippen LogP contribution in [0.25, 0.3) is 0 Å². The van der Waals surface area contributed by atoms with Gasteiger partial charge in [0.15, 0.2) is 0 Å². The van der Waals surface area contributed by atoms with Crippen molar-refractivity contribution in [3.05, 3.63) is 56.4 Å². The third-order valence-corrected chi connectivity index (χ3v) is 3.64. The van der Waals surface area contributed by atoms with Crippen molar-refractivity contribution < 1.29 is 9.18 Å². The Morgan fingerprint density at radius 1 is 1.26 bits per heavy atom. The summed E-state index contributed by atoms with van der Waals surface area (Å²) in [4.78, 5) is 12.1. The number of benzene rings is 2. The van der Waals surface area contributed by atoms with E-state index in [2.05, 4.69) is 5.32 Å². The normalized spacial score (nSPS) is 10.3. The van der Waals surface area contributed by atoms with Crippen LogP contribution in [0.3, 0.4) is 0 Å². The summed E-state index contributed by atoms with van der Waals surface area (Å²) in [6.45, 7) is 0. The molecule has 0 bridgehead atoms. The van der Waals surface area contributed by atoms with Gasteiger partial charge in [0, 0.05) is 9.26 Å². The number of carbonyl (C=O) groups is 1. The molecule has 0 heterocycles. The van der Waals surface area contributed by atoms with Crippen LogP contribution in [0.4, 0.5) is 15.8 Å². The molecule has 2 rings (SSSR count). The fraction of sp³-hybridized carbons (Fsp3) is 0. The van der Waals surface area contributed by atoms with Gasteiger partial charge in [-0.15, -0.1) is 0 Å². The average Bonchev–Trinajstić information content (AvgIpc) is 2.35.